The van der Waals surface area contributed by atoms with Gasteiger partial charge in [-0.15, -0.1) is 0 Å². The molecule has 1 heterocycles. The Labute approximate surface area is 209 Å². The van der Waals surface area contributed by atoms with E-state index in [1.54, 1.807) is 38.5 Å². The number of aryl methyl sites for hydroxylation is 2. The summed E-state index contributed by atoms with van der Waals surface area (Å²) in [5.74, 6) is 1.34. The third kappa shape index (κ3) is 5.03. The zero-order chi connectivity index (χ0) is 25.2. The molecular weight excluding hydrogens is 470 g/mol. The molecule has 0 atom stereocenters. The van der Waals surface area contributed by atoms with Crippen LogP contribution in [-0.4, -0.2) is 23.8 Å². The topological polar surface area (TPSA) is 36.3 Å². The lowest BCUT2D eigenvalue weighted by molar-refractivity contribution is 0.353. The molecule has 0 N–H and O–H groups in total. The second-order valence-corrected chi connectivity index (χ2v) is 9.22. The minimum absolute atomic E-state index is 0.0969. The number of imidazole rings is 1. The van der Waals surface area contributed by atoms with Crippen LogP contribution in [0.4, 0.5) is 8.78 Å². The highest BCUT2D eigenvalue weighted by Crippen LogP contribution is 2.38. The van der Waals surface area contributed by atoms with Crippen LogP contribution in [0, 0.1) is 11.6 Å². The largest absolute Gasteiger partial charge is 0.493 e. The predicted molar refractivity (Wildman–Crippen MR) is 134 cm³/mol. The molecule has 0 aliphatic heterocycles. The van der Waals surface area contributed by atoms with Crippen LogP contribution in [0.3, 0.4) is 0 Å². The van der Waals surface area contributed by atoms with Crippen molar-refractivity contribution in [2.75, 3.05) is 14.2 Å². The Morgan fingerprint density at radius 1 is 0.886 bits per heavy atom. The first kappa shape index (κ1) is 24.7. The van der Waals surface area contributed by atoms with E-state index in [0.717, 1.165) is 28.3 Å². The summed E-state index contributed by atoms with van der Waals surface area (Å²) in [4.78, 5) is 4.74. The molecule has 1 aromatic heterocycles. The summed E-state index contributed by atoms with van der Waals surface area (Å²) in [6.07, 6.45) is 3.06. The van der Waals surface area contributed by atoms with Gasteiger partial charge in [0.05, 0.1) is 24.9 Å². The number of hydrogen-bond donors (Lipinski definition) is 0. The third-order valence-electron chi connectivity index (χ3n) is 6.29. The van der Waals surface area contributed by atoms with Crippen LogP contribution in [0.2, 0.25) is 5.02 Å². The lowest BCUT2D eigenvalue weighted by Crippen LogP contribution is -2.23. The van der Waals surface area contributed by atoms with E-state index in [4.69, 9.17) is 26.1 Å². The van der Waals surface area contributed by atoms with E-state index in [2.05, 4.69) is 18.4 Å². The fourth-order valence-corrected chi connectivity index (χ4v) is 4.41. The van der Waals surface area contributed by atoms with Crippen molar-refractivity contribution >= 4 is 11.6 Å². The second kappa shape index (κ2) is 10.1. The summed E-state index contributed by atoms with van der Waals surface area (Å²) in [7, 11) is 3.21. The Kier molecular flexibility index (Phi) is 7.13. The molecule has 0 spiro atoms. The van der Waals surface area contributed by atoms with Gasteiger partial charge >= 0.3 is 0 Å². The number of aromatic nitrogens is 2. The second-order valence-electron chi connectivity index (χ2n) is 8.81. The van der Waals surface area contributed by atoms with Crippen molar-refractivity contribution in [1.82, 2.24) is 9.55 Å². The van der Waals surface area contributed by atoms with E-state index in [-0.39, 0.29) is 10.8 Å². The molecule has 4 aromatic rings. The summed E-state index contributed by atoms with van der Waals surface area (Å²) in [5, 5.41) is 0.0969. The first-order valence-electron chi connectivity index (χ1n) is 11.2. The first-order valence-corrected chi connectivity index (χ1v) is 11.6. The smallest absolute Gasteiger partial charge is 0.161 e. The van der Waals surface area contributed by atoms with Gasteiger partial charge in [-0.05, 0) is 66.1 Å². The zero-order valence-electron chi connectivity index (χ0n) is 20.1. The van der Waals surface area contributed by atoms with Gasteiger partial charge < -0.3 is 9.47 Å². The highest BCUT2D eigenvalue weighted by Gasteiger charge is 2.30. The molecule has 35 heavy (non-hydrogen) atoms. The standard InChI is InChI=1S/C28H27ClF2N2O2/c1-28(2,19-7-13-24(34-3)25(16-19)35-4)26-17-32-27(33(26)21-10-8-20(30)9-11-21)14-6-18-5-12-23(31)22(29)15-18/h5,7-13,15-17H,6,14H2,1-4H3. The maximum absolute atomic E-state index is 13.7. The molecule has 182 valence electrons. The molecule has 0 unspecified atom stereocenters. The summed E-state index contributed by atoms with van der Waals surface area (Å²) in [5.41, 5.74) is 3.18. The van der Waals surface area contributed by atoms with E-state index < -0.39 is 11.2 Å². The van der Waals surface area contributed by atoms with Crippen molar-refractivity contribution < 1.29 is 18.3 Å². The minimum atomic E-state index is -0.474. The van der Waals surface area contributed by atoms with Crippen LogP contribution in [0.25, 0.3) is 5.69 Å². The van der Waals surface area contributed by atoms with Crippen molar-refractivity contribution in [2.24, 2.45) is 0 Å². The number of hydrogen-bond acceptors (Lipinski definition) is 3. The number of benzene rings is 3. The molecule has 4 rings (SSSR count). The molecule has 0 saturated heterocycles. The Morgan fingerprint density at radius 3 is 2.26 bits per heavy atom. The highest BCUT2D eigenvalue weighted by molar-refractivity contribution is 6.30. The van der Waals surface area contributed by atoms with Gasteiger partial charge in [-0.2, -0.15) is 0 Å². The Balaban J connectivity index is 1.77. The Bertz CT molecular complexity index is 1330. The number of ether oxygens (including phenoxy) is 2. The van der Waals surface area contributed by atoms with E-state index in [1.807, 2.05) is 24.4 Å². The fourth-order valence-electron chi connectivity index (χ4n) is 4.21. The number of methoxy groups -OCH3 is 2. The van der Waals surface area contributed by atoms with Crippen LogP contribution < -0.4 is 9.47 Å². The molecule has 4 nitrogen and oxygen atoms in total. The van der Waals surface area contributed by atoms with Gasteiger partial charge in [0.2, 0.25) is 0 Å². The molecule has 0 radical (unpaired) electrons. The van der Waals surface area contributed by atoms with Gasteiger partial charge in [0.1, 0.15) is 17.5 Å². The predicted octanol–water partition coefficient (Wildman–Crippen LogP) is 6.93. The third-order valence-corrected chi connectivity index (χ3v) is 6.58. The number of halogens is 3. The van der Waals surface area contributed by atoms with Crippen molar-refractivity contribution in [3.63, 3.8) is 0 Å². The van der Waals surface area contributed by atoms with Gasteiger partial charge in [-0.1, -0.05) is 37.6 Å². The van der Waals surface area contributed by atoms with Gasteiger partial charge in [-0.25, -0.2) is 13.8 Å². The van der Waals surface area contributed by atoms with Crippen LogP contribution in [-0.2, 0) is 18.3 Å². The average molecular weight is 497 g/mol. The maximum Gasteiger partial charge on any atom is 0.161 e. The molecule has 7 heteroatoms. The highest BCUT2D eigenvalue weighted by atomic mass is 35.5. The van der Waals surface area contributed by atoms with Crippen LogP contribution >= 0.6 is 11.6 Å². The van der Waals surface area contributed by atoms with Crippen molar-refractivity contribution in [1.29, 1.82) is 0 Å². The van der Waals surface area contributed by atoms with E-state index in [9.17, 15) is 8.78 Å². The average Bonchev–Trinajstić information content (AvgIpc) is 3.29. The summed E-state index contributed by atoms with van der Waals surface area (Å²) < 4.78 is 40.3. The van der Waals surface area contributed by atoms with Crippen molar-refractivity contribution in [2.45, 2.75) is 32.1 Å². The quantitative estimate of drug-likeness (QED) is 0.265. The summed E-state index contributed by atoms with van der Waals surface area (Å²) in [6, 6.07) is 16.9. The molecule has 0 amide bonds. The lowest BCUT2D eigenvalue weighted by Gasteiger charge is -2.28. The zero-order valence-corrected chi connectivity index (χ0v) is 20.9. The normalized spacial score (nSPS) is 11.5. The van der Waals surface area contributed by atoms with E-state index in [1.165, 1.54) is 18.2 Å². The molecule has 3 aromatic carbocycles. The summed E-state index contributed by atoms with van der Waals surface area (Å²) >= 11 is 5.97. The maximum atomic E-state index is 13.7. The lowest BCUT2D eigenvalue weighted by atomic mass is 9.81. The molecular formula is C28H27ClF2N2O2. The van der Waals surface area contributed by atoms with Crippen molar-refractivity contribution in [3.05, 3.63) is 106 Å². The molecule has 0 fully saturated rings. The Morgan fingerprint density at radius 2 is 1.60 bits per heavy atom. The van der Waals surface area contributed by atoms with Gasteiger partial charge in [0.25, 0.3) is 0 Å². The van der Waals surface area contributed by atoms with Crippen molar-refractivity contribution in [3.8, 4) is 17.2 Å². The Hall–Kier alpha value is -3.38. The van der Waals surface area contributed by atoms with E-state index in [0.29, 0.717) is 24.3 Å². The van der Waals surface area contributed by atoms with Gasteiger partial charge in [0, 0.05) is 23.7 Å². The first-order chi connectivity index (χ1) is 16.7. The molecule has 0 aliphatic carbocycles. The number of rotatable bonds is 8. The molecule has 0 aliphatic rings. The van der Waals surface area contributed by atoms with Crippen LogP contribution in [0.1, 0.15) is 36.5 Å². The fraction of sp³-hybridized carbons (Fsp3) is 0.250. The molecule has 0 bridgehead atoms. The number of nitrogens with zero attached hydrogens (tertiary/aromatic N) is 2. The van der Waals surface area contributed by atoms with Crippen LogP contribution in [0.15, 0.2) is 66.9 Å². The molecule has 0 saturated carbocycles. The van der Waals surface area contributed by atoms with Crippen LogP contribution in [0.5, 0.6) is 11.5 Å². The SMILES string of the molecule is COc1ccc(C(C)(C)c2cnc(CCc3ccc(F)c(Cl)c3)n2-c2ccc(F)cc2)cc1OC. The van der Waals surface area contributed by atoms with E-state index >= 15 is 0 Å². The summed E-state index contributed by atoms with van der Waals surface area (Å²) in [6.45, 7) is 4.21. The minimum Gasteiger partial charge on any atom is -0.493 e. The van der Waals surface area contributed by atoms with Gasteiger partial charge in [-0.3, -0.25) is 4.57 Å². The van der Waals surface area contributed by atoms with Gasteiger partial charge in [0.15, 0.2) is 11.5 Å². The monoisotopic (exact) mass is 496 g/mol.